The maximum Gasteiger partial charge on any atom is 0.191 e. The van der Waals surface area contributed by atoms with Gasteiger partial charge in [0.15, 0.2) is 5.96 Å². The van der Waals surface area contributed by atoms with Gasteiger partial charge in [-0.25, -0.2) is 0 Å². The van der Waals surface area contributed by atoms with Gasteiger partial charge in [0, 0.05) is 26.1 Å². The van der Waals surface area contributed by atoms with Gasteiger partial charge < -0.3 is 15.4 Å². The summed E-state index contributed by atoms with van der Waals surface area (Å²) in [6, 6.07) is 18.6. The van der Waals surface area contributed by atoms with Gasteiger partial charge >= 0.3 is 0 Å². The Balaban J connectivity index is 0.00000312. The first kappa shape index (κ1) is 21.3. The Labute approximate surface area is 168 Å². The molecule has 0 fully saturated rings. The summed E-state index contributed by atoms with van der Waals surface area (Å²) in [5.41, 5.74) is 2.52. The van der Waals surface area contributed by atoms with Crippen LogP contribution in [-0.2, 0) is 6.42 Å². The Hall–Kier alpha value is -1.76. The third-order valence-corrected chi connectivity index (χ3v) is 4.02. The molecule has 0 aliphatic heterocycles. The fraction of sp³-hybridized carbons (Fsp3) is 0.350. The Morgan fingerprint density at radius 3 is 2.40 bits per heavy atom. The molecule has 0 radical (unpaired) electrons. The highest BCUT2D eigenvalue weighted by Gasteiger charge is 2.11. The van der Waals surface area contributed by atoms with E-state index < -0.39 is 0 Å². The molecule has 0 heterocycles. The normalized spacial score (nSPS) is 12.0. The van der Waals surface area contributed by atoms with E-state index >= 15 is 0 Å². The van der Waals surface area contributed by atoms with E-state index in [9.17, 15) is 0 Å². The number of methoxy groups -OCH3 is 1. The van der Waals surface area contributed by atoms with Crippen LogP contribution < -0.4 is 15.4 Å². The highest BCUT2D eigenvalue weighted by atomic mass is 127. The van der Waals surface area contributed by atoms with Crippen LogP contribution in [0.15, 0.2) is 59.6 Å². The van der Waals surface area contributed by atoms with Crippen molar-refractivity contribution in [2.24, 2.45) is 4.99 Å². The molecule has 0 bridgehead atoms. The molecule has 0 spiro atoms. The van der Waals surface area contributed by atoms with Gasteiger partial charge in [-0.2, -0.15) is 0 Å². The number of aliphatic imine (C=N–C) groups is 1. The summed E-state index contributed by atoms with van der Waals surface area (Å²) in [5.74, 6) is 2.08. The van der Waals surface area contributed by atoms with Crippen LogP contribution in [0.4, 0.5) is 0 Å². The van der Waals surface area contributed by atoms with Crippen molar-refractivity contribution in [2.75, 3.05) is 27.2 Å². The standard InChI is InChI=1S/C20H27N3O.HI/c1-16(18-11-7-8-12-19(18)24-3)15-23-20(21-2)22-14-13-17-9-5-4-6-10-17;/h4-12,16H,13-15H2,1-3H3,(H2,21,22,23);1H. The second-order valence-electron chi connectivity index (χ2n) is 5.76. The molecule has 1 atom stereocenters. The number of para-hydroxylation sites is 1. The second-order valence-corrected chi connectivity index (χ2v) is 5.76. The van der Waals surface area contributed by atoms with Crippen molar-refractivity contribution in [3.63, 3.8) is 0 Å². The van der Waals surface area contributed by atoms with Crippen LogP contribution >= 0.6 is 24.0 Å². The third kappa shape index (κ3) is 6.94. The maximum absolute atomic E-state index is 5.44. The van der Waals surface area contributed by atoms with Gasteiger partial charge in [0.2, 0.25) is 0 Å². The van der Waals surface area contributed by atoms with Crippen molar-refractivity contribution in [1.82, 2.24) is 10.6 Å². The first-order valence-corrected chi connectivity index (χ1v) is 8.36. The zero-order valence-electron chi connectivity index (χ0n) is 15.2. The lowest BCUT2D eigenvalue weighted by molar-refractivity contribution is 0.406. The van der Waals surface area contributed by atoms with Crippen LogP contribution in [0.2, 0.25) is 0 Å². The number of nitrogens with zero attached hydrogens (tertiary/aromatic N) is 1. The molecule has 4 nitrogen and oxygen atoms in total. The zero-order chi connectivity index (χ0) is 17.2. The summed E-state index contributed by atoms with van der Waals surface area (Å²) in [6.07, 6.45) is 0.976. The SMILES string of the molecule is CN=C(NCCc1ccccc1)NCC(C)c1ccccc1OC.I. The van der Waals surface area contributed by atoms with E-state index in [1.807, 2.05) is 24.3 Å². The van der Waals surface area contributed by atoms with Gasteiger partial charge in [-0.05, 0) is 23.6 Å². The number of hydrogen-bond donors (Lipinski definition) is 2. The number of rotatable bonds is 7. The van der Waals surface area contributed by atoms with Crippen LogP contribution in [0.25, 0.3) is 0 Å². The lowest BCUT2D eigenvalue weighted by atomic mass is 10.0. The monoisotopic (exact) mass is 453 g/mol. The zero-order valence-corrected chi connectivity index (χ0v) is 17.5. The molecule has 0 aliphatic rings. The average Bonchev–Trinajstić information content (AvgIpc) is 2.65. The molecule has 2 N–H and O–H groups in total. The lowest BCUT2D eigenvalue weighted by Gasteiger charge is -2.18. The van der Waals surface area contributed by atoms with Gasteiger partial charge in [0.25, 0.3) is 0 Å². The van der Waals surface area contributed by atoms with E-state index in [1.54, 1.807) is 14.2 Å². The molecule has 0 saturated heterocycles. The van der Waals surface area contributed by atoms with E-state index in [4.69, 9.17) is 4.74 Å². The topological polar surface area (TPSA) is 45.7 Å². The number of nitrogens with one attached hydrogen (secondary N) is 2. The van der Waals surface area contributed by atoms with Gasteiger partial charge in [-0.1, -0.05) is 55.5 Å². The summed E-state index contributed by atoms with van der Waals surface area (Å²) in [4.78, 5) is 4.29. The van der Waals surface area contributed by atoms with Crippen molar-refractivity contribution < 1.29 is 4.74 Å². The number of hydrogen-bond acceptors (Lipinski definition) is 2. The molecule has 136 valence electrons. The molecule has 2 rings (SSSR count). The third-order valence-electron chi connectivity index (χ3n) is 4.02. The summed E-state index contributed by atoms with van der Waals surface area (Å²) in [5, 5.41) is 6.75. The predicted molar refractivity (Wildman–Crippen MR) is 116 cm³/mol. The van der Waals surface area contributed by atoms with Crippen molar-refractivity contribution >= 4 is 29.9 Å². The smallest absolute Gasteiger partial charge is 0.191 e. The Bertz CT molecular complexity index is 646. The first-order valence-electron chi connectivity index (χ1n) is 8.36. The van der Waals surface area contributed by atoms with E-state index in [2.05, 4.69) is 52.9 Å². The molecule has 25 heavy (non-hydrogen) atoms. The molecule has 5 heteroatoms. The predicted octanol–water partition coefficient (Wildman–Crippen LogP) is 3.82. The van der Waals surface area contributed by atoms with E-state index in [-0.39, 0.29) is 24.0 Å². The first-order chi connectivity index (χ1) is 11.7. The van der Waals surface area contributed by atoms with Crippen molar-refractivity contribution in [2.45, 2.75) is 19.3 Å². The number of benzene rings is 2. The van der Waals surface area contributed by atoms with Crippen LogP contribution in [-0.4, -0.2) is 33.2 Å². The highest BCUT2D eigenvalue weighted by Crippen LogP contribution is 2.25. The minimum absolute atomic E-state index is 0. The number of halogens is 1. The molecule has 0 amide bonds. The average molecular weight is 453 g/mol. The fourth-order valence-electron chi connectivity index (χ4n) is 2.62. The summed E-state index contributed by atoms with van der Waals surface area (Å²) >= 11 is 0. The Morgan fingerprint density at radius 1 is 1.04 bits per heavy atom. The van der Waals surface area contributed by atoms with Gasteiger partial charge in [-0.15, -0.1) is 24.0 Å². The van der Waals surface area contributed by atoms with Gasteiger partial charge in [0.1, 0.15) is 5.75 Å². The van der Waals surface area contributed by atoms with Crippen LogP contribution in [0, 0.1) is 0 Å². The van der Waals surface area contributed by atoms with E-state index in [0.29, 0.717) is 5.92 Å². The largest absolute Gasteiger partial charge is 0.496 e. The second kappa shape index (κ2) is 11.7. The molecule has 0 aromatic heterocycles. The highest BCUT2D eigenvalue weighted by molar-refractivity contribution is 14.0. The molecule has 0 aliphatic carbocycles. The van der Waals surface area contributed by atoms with Crippen LogP contribution in [0.5, 0.6) is 5.75 Å². The molecule has 1 unspecified atom stereocenters. The minimum Gasteiger partial charge on any atom is -0.496 e. The number of ether oxygens (including phenoxy) is 1. The summed E-state index contributed by atoms with van der Waals surface area (Å²) in [6.45, 7) is 3.83. The number of guanidine groups is 1. The molecular weight excluding hydrogens is 425 g/mol. The maximum atomic E-state index is 5.44. The molecule has 0 saturated carbocycles. The fourth-order valence-corrected chi connectivity index (χ4v) is 2.62. The van der Waals surface area contributed by atoms with Crippen LogP contribution in [0.3, 0.4) is 0 Å². The molecule has 2 aromatic rings. The Morgan fingerprint density at radius 2 is 1.72 bits per heavy atom. The lowest BCUT2D eigenvalue weighted by Crippen LogP contribution is -2.39. The quantitative estimate of drug-likeness (QED) is 0.381. The van der Waals surface area contributed by atoms with Crippen molar-refractivity contribution in [1.29, 1.82) is 0 Å². The summed E-state index contributed by atoms with van der Waals surface area (Å²) in [7, 11) is 3.51. The van der Waals surface area contributed by atoms with Crippen molar-refractivity contribution in [3.8, 4) is 5.75 Å². The summed E-state index contributed by atoms with van der Waals surface area (Å²) < 4.78 is 5.44. The van der Waals surface area contributed by atoms with E-state index in [0.717, 1.165) is 31.2 Å². The van der Waals surface area contributed by atoms with Crippen LogP contribution in [0.1, 0.15) is 24.0 Å². The minimum atomic E-state index is 0. The van der Waals surface area contributed by atoms with Gasteiger partial charge in [0.05, 0.1) is 7.11 Å². The molecule has 2 aromatic carbocycles. The van der Waals surface area contributed by atoms with E-state index in [1.165, 1.54) is 11.1 Å². The van der Waals surface area contributed by atoms with Crippen molar-refractivity contribution in [3.05, 3.63) is 65.7 Å². The Kier molecular flexibility index (Phi) is 9.99. The van der Waals surface area contributed by atoms with Gasteiger partial charge in [-0.3, -0.25) is 4.99 Å². The molecular formula is C20H28IN3O.